The van der Waals surface area contributed by atoms with Crippen molar-refractivity contribution in [3.05, 3.63) is 29.8 Å². The van der Waals surface area contributed by atoms with Crippen LogP contribution < -0.4 is 15.4 Å². The van der Waals surface area contributed by atoms with Crippen molar-refractivity contribution in [3.8, 4) is 5.75 Å². The molecule has 1 unspecified atom stereocenters. The van der Waals surface area contributed by atoms with Crippen molar-refractivity contribution in [1.82, 2.24) is 10.6 Å². The second-order valence-electron chi connectivity index (χ2n) is 5.46. The Hall–Kier alpha value is -1.71. The van der Waals surface area contributed by atoms with Crippen LogP contribution in [0, 0.1) is 6.92 Å². The molecule has 0 radical (unpaired) electrons. The summed E-state index contributed by atoms with van der Waals surface area (Å²) in [6, 6.07) is 7.99. The van der Waals surface area contributed by atoms with Crippen LogP contribution in [-0.4, -0.2) is 25.2 Å². The molecule has 1 aromatic carbocycles. The van der Waals surface area contributed by atoms with Crippen LogP contribution in [0.3, 0.4) is 0 Å². The Morgan fingerprint density at radius 1 is 1.33 bits per heavy atom. The first-order valence-corrected chi connectivity index (χ1v) is 7.85. The van der Waals surface area contributed by atoms with Crippen molar-refractivity contribution in [1.29, 1.82) is 0 Å². The molecule has 4 heteroatoms. The SMILES string of the molecule is CCCCCC(C)NC(=O)NCCOc1cccc(C)c1. The molecular weight excluding hydrogens is 264 g/mol. The van der Waals surface area contributed by atoms with Gasteiger partial charge in [-0.2, -0.15) is 0 Å². The van der Waals surface area contributed by atoms with Gasteiger partial charge in [0.15, 0.2) is 0 Å². The zero-order valence-electron chi connectivity index (χ0n) is 13.4. The summed E-state index contributed by atoms with van der Waals surface area (Å²) < 4.78 is 5.58. The zero-order valence-corrected chi connectivity index (χ0v) is 13.4. The first-order chi connectivity index (χ1) is 10.1. The van der Waals surface area contributed by atoms with Crippen LogP contribution in [0.2, 0.25) is 0 Å². The van der Waals surface area contributed by atoms with E-state index in [1.54, 1.807) is 0 Å². The third-order valence-electron chi connectivity index (χ3n) is 3.26. The van der Waals surface area contributed by atoms with Crippen LogP contribution in [0.1, 0.15) is 45.1 Å². The number of benzene rings is 1. The van der Waals surface area contributed by atoms with Crippen LogP contribution >= 0.6 is 0 Å². The van der Waals surface area contributed by atoms with Gasteiger partial charge in [0, 0.05) is 6.04 Å². The van der Waals surface area contributed by atoms with Gasteiger partial charge in [0.25, 0.3) is 0 Å². The second-order valence-corrected chi connectivity index (χ2v) is 5.46. The van der Waals surface area contributed by atoms with Crippen molar-refractivity contribution in [2.24, 2.45) is 0 Å². The number of ether oxygens (including phenoxy) is 1. The highest BCUT2D eigenvalue weighted by atomic mass is 16.5. The number of carbonyl (C=O) groups excluding carboxylic acids is 1. The summed E-state index contributed by atoms with van der Waals surface area (Å²) in [5, 5.41) is 5.75. The lowest BCUT2D eigenvalue weighted by molar-refractivity contribution is 0.232. The first-order valence-electron chi connectivity index (χ1n) is 7.85. The molecule has 0 aliphatic rings. The Balaban J connectivity index is 2.10. The predicted octanol–water partition coefficient (Wildman–Crippen LogP) is 3.64. The summed E-state index contributed by atoms with van der Waals surface area (Å²) in [5.41, 5.74) is 1.17. The molecule has 2 N–H and O–H groups in total. The quantitative estimate of drug-likeness (QED) is 0.683. The number of nitrogens with one attached hydrogen (secondary N) is 2. The molecule has 0 spiro atoms. The van der Waals surface area contributed by atoms with Crippen molar-refractivity contribution in [2.45, 2.75) is 52.5 Å². The number of aryl methyl sites for hydroxylation is 1. The zero-order chi connectivity index (χ0) is 15.5. The fourth-order valence-electron chi connectivity index (χ4n) is 2.09. The molecule has 4 nitrogen and oxygen atoms in total. The van der Waals surface area contributed by atoms with Gasteiger partial charge >= 0.3 is 6.03 Å². The molecule has 0 heterocycles. The van der Waals surface area contributed by atoms with Gasteiger partial charge in [-0.05, 0) is 38.0 Å². The number of hydrogen-bond donors (Lipinski definition) is 2. The minimum absolute atomic E-state index is 0.119. The maximum Gasteiger partial charge on any atom is 0.315 e. The molecule has 2 amide bonds. The van der Waals surface area contributed by atoms with E-state index in [1.165, 1.54) is 18.4 Å². The smallest absolute Gasteiger partial charge is 0.315 e. The largest absolute Gasteiger partial charge is 0.492 e. The third kappa shape index (κ3) is 8.23. The van der Waals surface area contributed by atoms with E-state index in [1.807, 2.05) is 38.1 Å². The lowest BCUT2D eigenvalue weighted by Gasteiger charge is -2.14. The van der Waals surface area contributed by atoms with Crippen LogP contribution in [0.25, 0.3) is 0 Å². The Bertz CT molecular complexity index is 421. The lowest BCUT2D eigenvalue weighted by Crippen LogP contribution is -2.42. The predicted molar refractivity (Wildman–Crippen MR) is 86.8 cm³/mol. The van der Waals surface area contributed by atoms with E-state index in [0.717, 1.165) is 18.6 Å². The van der Waals surface area contributed by atoms with Gasteiger partial charge in [-0.25, -0.2) is 4.79 Å². The van der Waals surface area contributed by atoms with Crippen LogP contribution in [0.5, 0.6) is 5.75 Å². The van der Waals surface area contributed by atoms with Gasteiger partial charge in [-0.1, -0.05) is 38.3 Å². The maximum atomic E-state index is 11.7. The maximum absolute atomic E-state index is 11.7. The molecule has 0 bridgehead atoms. The summed E-state index contributed by atoms with van der Waals surface area (Å²) in [4.78, 5) is 11.7. The van der Waals surface area contributed by atoms with Crippen molar-refractivity contribution < 1.29 is 9.53 Å². The molecule has 1 atom stereocenters. The lowest BCUT2D eigenvalue weighted by atomic mass is 10.1. The van der Waals surface area contributed by atoms with Gasteiger partial charge in [0.2, 0.25) is 0 Å². The van der Waals surface area contributed by atoms with Crippen LogP contribution in [-0.2, 0) is 0 Å². The number of urea groups is 1. The van der Waals surface area contributed by atoms with Gasteiger partial charge < -0.3 is 15.4 Å². The summed E-state index contributed by atoms with van der Waals surface area (Å²) in [7, 11) is 0. The van der Waals surface area contributed by atoms with E-state index < -0.39 is 0 Å². The fraction of sp³-hybridized carbons (Fsp3) is 0.588. The first kappa shape index (κ1) is 17.3. The molecule has 0 aliphatic carbocycles. The van der Waals surface area contributed by atoms with E-state index >= 15 is 0 Å². The second kappa shape index (κ2) is 10.1. The molecule has 0 aliphatic heterocycles. The monoisotopic (exact) mass is 292 g/mol. The highest BCUT2D eigenvalue weighted by molar-refractivity contribution is 5.74. The topological polar surface area (TPSA) is 50.4 Å². The molecule has 1 aromatic rings. The Labute approximate surface area is 128 Å². The summed E-state index contributed by atoms with van der Waals surface area (Å²) in [5.74, 6) is 0.838. The van der Waals surface area contributed by atoms with Crippen LogP contribution in [0.15, 0.2) is 24.3 Å². The van der Waals surface area contributed by atoms with Gasteiger partial charge in [0.05, 0.1) is 6.54 Å². The van der Waals surface area contributed by atoms with Gasteiger partial charge in [0.1, 0.15) is 12.4 Å². The van der Waals surface area contributed by atoms with Crippen molar-refractivity contribution in [2.75, 3.05) is 13.2 Å². The van der Waals surface area contributed by atoms with Crippen LogP contribution in [0.4, 0.5) is 4.79 Å². The average Bonchev–Trinajstić information content (AvgIpc) is 2.44. The number of rotatable bonds is 9. The molecule has 21 heavy (non-hydrogen) atoms. The molecule has 118 valence electrons. The Morgan fingerprint density at radius 3 is 2.86 bits per heavy atom. The van der Waals surface area contributed by atoms with E-state index in [0.29, 0.717) is 13.2 Å². The average molecular weight is 292 g/mol. The van der Waals surface area contributed by atoms with Crippen molar-refractivity contribution >= 4 is 6.03 Å². The summed E-state index contributed by atoms with van der Waals surface area (Å²) in [6.07, 6.45) is 4.61. The number of amides is 2. The summed E-state index contributed by atoms with van der Waals surface area (Å²) >= 11 is 0. The highest BCUT2D eigenvalue weighted by Gasteiger charge is 2.06. The van der Waals surface area contributed by atoms with E-state index in [4.69, 9.17) is 4.74 Å². The molecule has 0 saturated heterocycles. The number of carbonyl (C=O) groups is 1. The van der Waals surface area contributed by atoms with Gasteiger partial charge in [-0.3, -0.25) is 0 Å². The standard InChI is InChI=1S/C17H28N2O2/c1-4-5-6-9-15(3)19-17(20)18-11-12-21-16-10-7-8-14(2)13-16/h7-8,10,13,15H,4-6,9,11-12H2,1-3H3,(H2,18,19,20). The highest BCUT2D eigenvalue weighted by Crippen LogP contribution is 2.11. The minimum atomic E-state index is -0.119. The molecular formula is C17H28N2O2. The van der Waals surface area contributed by atoms with E-state index in [2.05, 4.69) is 17.6 Å². The molecule has 0 aromatic heterocycles. The molecule has 1 rings (SSSR count). The normalized spacial score (nSPS) is 11.8. The Kier molecular flexibility index (Phi) is 8.32. The Morgan fingerprint density at radius 2 is 2.14 bits per heavy atom. The van der Waals surface area contributed by atoms with E-state index in [9.17, 15) is 4.79 Å². The number of unbranched alkanes of at least 4 members (excludes halogenated alkanes) is 2. The summed E-state index contributed by atoms with van der Waals surface area (Å²) in [6.45, 7) is 7.22. The minimum Gasteiger partial charge on any atom is -0.492 e. The fourth-order valence-corrected chi connectivity index (χ4v) is 2.09. The van der Waals surface area contributed by atoms with E-state index in [-0.39, 0.29) is 12.1 Å². The number of hydrogen-bond acceptors (Lipinski definition) is 2. The van der Waals surface area contributed by atoms with Gasteiger partial charge in [-0.15, -0.1) is 0 Å². The van der Waals surface area contributed by atoms with Crippen molar-refractivity contribution in [3.63, 3.8) is 0 Å². The molecule has 0 fully saturated rings. The third-order valence-corrected chi connectivity index (χ3v) is 3.26. The molecule has 0 saturated carbocycles.